The standard InChI is InChI=1S/C17H17N5O4/c18-11-22(21-19)13-2-1-3-14(9-13)26-10-17(23)20-12-4-5-15-16(8-12)25-7-6-24-15/h1-5,8-9,11,18-19H,6-7,10H2,(H,20,23). The van der Waals surface area contributed by atoms with E-state index in [1.54, 1.807) is 42.5 Å². The summed E-state index contributed by atoms with van der Waals surface area (Å²) in [7, 11) is 0. The maximum atomic E-state index is 12.1. The molecular weight excluding hydrogens is 338 g/mol. The lowest BCUT2D eigenvalue weighted by atomic mass is 10.2. The fourth-order valence-corrected chi connectivity index (χ4v) is 2.34. The highest BCUT2D eigenvalue weighted by molar-refractivity contribution is 5.92. The van der Waals surface area contributed by atoms with E-state index in [2.05, 4.69) is 10.5 Å². The number of ether oxygens (including phenoxy) is 3. The van der Waals surface area contributed by atoms with Crippen LogP contribution in [0.15, 0.2) is 47.7 Å². The van der Waals surface area contributed by atoms with Crippen molar-refractivity contribution in [1.82, 2.24) is 0 Å². The monoisotopic (exact) mass is 355 g/mol. The van der Waals surface area contributed by atoms with Crippen molar-refractivity contribution in [3.8, 4) is 17.2 Å². The molecular formula is C17H17N5O4. The van der Waals surface area contributed by atoms with Crippen molar-refractivity contribution >= 4 is 23.6 Å². The number of carbonyl (C=O) groups excluding carboxylic acids is 1. The van der Waals surface area contributed by atoms with Gasteiger partial charge in [0.15, 0.2) is 18.1 Å². The molecule has 3 rings (SSSR count). The number of hydrogen-bond donors (Lipinski definition) is 3. The maximum absolute atomic E-state index is 12.1. The number of nitrogens with zero attached hydrogens (tertiary/aromatic N) is 2. The second-order valence-corrected chi connectivity index (χ2v) is 5.27. The molecule has 0 spiro atoms. The predicted molar refractivity (Wildman–Crippen MR) is 94.4 cm³/mol. The first-order chi connectivity index (χ1) is 12.7. The normalized spacial score (nSPS) is 12.0. The quantitative estimate of drug-likeness (QED) is 0.305. The van der Waals surface area contributed by atoms with Gasteiger partial charge in [0.2, 0.25) is 0 Å². The number of rotatable bonds is 7. The first-order valence-corrected chi connectivity index (χ1v) is 7.79. The molecule has 2 aromatic carbocycles. The number of carbonyl (C=O) groups is 1. The zero-order chi connectivity index (χ0) is 18.4. The van der Waals surface area contributed by atoms with Crippen molar-refractivity contribution in [3.63, 3.8) is 0 Å². The lowest BCUT2D eigenvalue weighted by Crippen LogP contribution is -2.21. The van der Waals surface area contributed by atoms with Crippen LogP contribution in [0.25, 0.3) is 0 Å². The summed E-state index contributed by atoms with van der Waals surface area (Å²) in [6.07, 6.45) is 0.903. The van der Waals surface area contributed by atoms with Gasteiger partial charge in [-0.25, -0.2) is 5.01 Å². The Morgan fingerprint density at radius 1 is 1.23 bits per heavy atom. The third-order valence-corrected chi connectivity index (χ3v) is 3.51. The third-order valence-electron chi connectivity index (χ3n) is 3.51. The molecule has 0 radical (unpaired) electrons. The summed E-state index contributed by atoms with van der Waals surface area (Å²) in [6, 6.07) is 11.8. The summed E-state index contributed by atoms with van der Waals surface area (Å²) in [6.45, 7) is 0.788. The molecule has 0 unspecified atom stereocenters. The Kier molecular flexibility index (Phi) is 5.28. The van der Waals surface area contributed by atoms with Crippen LogP contribution in [0.5, 0.6) is 17.2 Å². The minimum atomic E-state index is -0.332. The first kappa shape index (κ1) is 17.2. The van der Waals surface area contributed by atoms with Gasteiger partial charge in [0.1, 0.15) is 25.3 Å². The molecule has 0 fully saturated rings. The van der Waals surface area contributed by atoms with E-state index < -0.39 is 0 Å². The molecule has 26 heavy (non-hydrogen) atoms. The van der Waals surface area contributed by atoms with Crippen molar-refractivity contribution in [2.75, 3.05) is 30.1 Å². The van der Waals surface area contributed by atoms with E-state index in [1.807, 2.05) is 0 Å². The summed E-state index contributed by atoms with van der Waals surface area (Å²) in [5, 5.41) is 14.2. The average Bonchev–Trinajstić information content (AvgIpc) is 2.68. The van der Waals surface area contributed by atoms with Gasteiger partial charge in [-0.2, -0.15) is 5.53 Å². The first-order valence-electron chi connectivity index (χ1n) is 7.79. The van der Waals surface area contributed by atoms with Crippen LogP contribution in [-0.2, 0) is 4.79 Å². The van der Waals surface area contributed by atoms with Crippen molar-refractivity contribution in [2.24, 2.45) is 5.22 Å². The molecule has 9 nitrogen and oxygen atoms in total. The molecule has 3 N–H and O–H groups in total. The smallest absolute Gasteiger partial charge is 0.262 e. The van der Waals surface area contributed by atoms with Crippen LogP contribution in [-0.4, -0.2) is 32.1 Å². The van der Waals surface area contributed by atoms with Gasteiger partial charge in [0.05, 0.1) is 5.69 Å². The summed E-state index contributed by atoms with van der Waals surface area (Å²) < 4.78 is 16.4. The molecule has 0 aromatic heterocycles. The summed E-state index contributed by atoms with van der Waals surface area (Å²) in [4.78, 5) is 12.1. The SMILES string of the molecule is N=CN(N=N)c1cccc(OCC(=O)Nc2ccc3c(c2)OCCO3)c1. The topological polar surface area (TPSA) is 120 Å². The van der Waals surface area contributed by atoms with Gasteiger partial charge in [-0.3, -0.25) is 10.2 Å². The van der Waals surface area contributed by atoms with Crippen LogP contribution in [0, 0.1) is 10.9 Å². The molecule has 0 aliphatic carbocycles. The second-order valence-electron chi connectivity index (χ2n) is 5.27. The van der Waals surface area contributed by atoms with E-state index in [4.69, 9.17) is 25.2 Å². The summed E-state index contributed by atoms with van der Waals surface area (Å²) >= 11 is 0. The summed E-state index contributed by atoms with van der Waals surface area (Å²) in [5.41, 5.74) is 8.07. The Hall–Kier alpha value is -3.62. The highest BCUT2D eigenvalue weighted by Crippen LogP contribution is 2.32. The molecule has 0 saturated carbocycles. The zero-order valence-electron chi connectivity index (χ0n) is 13.8. The van der Waals surface area contributed by atoms with E-state index in [0.29, 0.717) is 41.8 Å². The van der Waals surface area contributed by atoms with Gasteiger partial charge in [0.25, 0.3) is 5.91 Å². The maximum Gasteiger partial charge on any atom is 0.262 e. The average molecular weight is 355 g/mol. The van der Waals surface area contributed by atoms with E-state index >= 15 is 0 Å². The molecule has 9 heteroatoms. The van der Waals surface area contributed by atoms with Crippen LogP contribution >= 0.6 is 0 Å². The largest absolute Gasteiger partial charge is 0.486 e. The van der Waals surface area contributed by atoms with Gasteiger partial charge in [-0.15, -0.1) is 0 Å². The van der Waals surface area contributed by atoms with E-state index in [0.717, 1.165) is 11.3 Å². The van der Waals surface area contributed by atoms with E-state index in [1.165, 1.54) is 0 Å². The van der Waals surface area contributed by atoms with Gasteiger partial charge in [-0.05, 0) is 24.3 Å². The van der Waals surface area contributed by atoms with Crippen molar-refractivity contribution < 1.29 is 19.0 Å². The van der Waals surface area contributed by atoms with Crippen molar-refractivity contribution in [3.05, 3.63) is 42.5 Å². The fourth-order valence-electron chi connectivity index (χ4n) is 2.34. The van der Waals surface area contributed by atoms with Crippen LogP contribution in [0.3, 0.4) is 0 Å². The number of amides is 1. The van der Waals surface area contributed by atoms with Gasteiger partial charge < -0.3 is 19.5 Å². The summed E-state index contributed by atoms with van der Waals surface area (Å²) in [5.74, 6) is 1.34. The minimum Gasteiger partial charge on any atom is -0.486 e. The molecule has 134 valence electrons. The number of anilines is 2. The predicted octanol–water partition coefficient (Wildman–Crippen LogP) is 2.83. The van der Waals surface area contributed by atoms with Gasteiger partial charge >= 0.3 is 0 Å². The Bertz CT molecular complexity index is 819. The zero-order valence-corrected chi connectivity index (χ0v) is 13.8. The molecule has 1 aliphatic rings. The van der Waals surface area contributed by atoms with Gasteiger partial charge in [-0.1, -0.05) is 11.3 Å². The number of hydrogen-bond acceptors (Lipinski definition) is 7. The van der Waals surface area contributed by atoms with E-state index in [-0.39, 0.29) is 12.5 Å². The minimum absolute atomic E-state index is 0.194. The number of benzene rings is 2. The Labute approximate surface area is 149 Å². The number of nitrogens with one attached hydrogen (secondary N) is 3. The Morgan fingerprint density at radius 2 is 2.04 bits per heavy atom. The Morgan fingerprint density at radius 3 is 2.81 bits per heavy atom. The van der Waals surface area contributed by atoms with Crippen molar-refractivity contribution in [2.45, 2.75) is 0 Å². The van der Waals surface area contributed by atoms with Crippen LogP contribution in [0.1, 0.15) is 0 Å². The molecule has 0 saturated heterocycles. The molecule has 1 amide bonds. The fraction of sp³-hybridized carbons (Fsp3) is 0.176. The molecule has 0 bridgehead atoms. The van der Waals surface area contributed by atoms with E-state index in [9.17, 15) is 4.79 Å². The highest BCUT2D eigenvalue weighted by Gasteiger charge is 2.13. The van der Waals surface area contributed by atoms with Gasteiger partial charge in [0, 0.05) is 17.8 Å². The lowest BCUT2D eigenvalue weighted by molar-refractivity contribution is -0.118. The molecule has 1 aliphatic heterocycles. The highest BCUT2D eigenvalue weighted by atomic mass is 16.6. The Balaban J connectivity index is 1.58. The third kappa shape index (κ3) is 4.07. The van der Waals surface area contributed by atoms with Crippen LogP contribution in [0.4, 0.5) is 11.4 Å². The second kappa shape index (κ2) is 7.97. The van der Waals surface area contributed by atoms with Crippen LogP contribution < -0.4 is 24.5 Å². The molecule has 0 atom stereocenters. The van der Waals surface area contributed by atoms with Crippen molar-refractivity contribution in [1.29, 1.82) is 10.9 Å². The van der Waals surface area contributed by atoms with Crippen LogP contribution in [0.2, 0.25) is 0 Å². The molecule has 2 aromatic rings. The number of fused-ring (bicyclic) bond motifs is 1. The molecule has 1 heterocycles. The lowest BCUT2D eigenvalue weighted by Gasteiger charge is -2.19.